The van der Waals surface area contributed by atoms with Gasteiger partial charge >= 0.3 is 17.2 Å². The Bertz CT molecular complexity index is 382. The fraction of sp³-hybridized carbons (Fsp3) is 1.00. The molecule has 7 nitrogen and oxygen atoms in total. The van der Waals surface area contributed by atoms with Gasteiger partial charge in [0.15, 0.2) is 6.29 Å². The third kappa shape index (κ3) is 9.29. The van der Waals surface area contributed by atoms with Crippen LogP contribution < -0.4 is 0 Å². The molecule has 0 aromatic carbocycles. The molecule has 160 valence electrons. The van der Waals surface area contributed by atoms with Crippen LogP contribution in [0.2, 0.25) is 0 Å². The van der Waals surface area contributed by atoms with Crippen LogP contribution >= 0.6 is 17.2 Å². The Kier molecular flexibility index (Phi) is 11.5. The van der Waals surface area contributed by atoms with Crippen molar-refractivity contribution in [2.75, 3.05) is 40.1 Å². The number of rotatable bonds is 12. The minimum absolute atomic E-state index is 0.267. The molecular formula is C18H36O7P2. The van der Waals surface area contributed by atoms with Crippen molar-refractivity contribution in [1.82, 2.24) is 0 Å². The van der Waals surface area contributed by atoms with Crippen LogP contribution in [-0.4, -0.2) is 46.4 Å². The van der Waals surface area contributed by atoms with Gasteiger partial charge in [0.05, 0.1) is 38.4 Å². The molecule has 2 fully saturated rings. The van der Waals surface area contributed by atoms with Crippen molar-refractivity contribution < 1.29 is 31.9 Å². The summed E-state index contributed by atoms with van der Waals surface area (Å²) < 4.78 is 39.2. The van der Waals surface area contributed by atoms with Gasteiger partial charge in [0.2, 0.25) is 0 Å². The monoisotopic (exact) mass is 426 g/mol. The van der Waals surface area contributed by atoms with Gasteiger partial charge < -0.3 is 27.4 Å². The topological polar surface area (TPSA) is 64.6 Å². The standard InChI is InChI=1S/C18H36O7P2/c1-16(2)10-8-6-5-7-9-11-20-26-21-12-18(13-22-26)14-23-27(24-15-18)25-17(3)19-4/h16-17H,5-15H2,1-4H3. The summed E-state index contributed by atoms with van der Waals surface area (Å²) in [4.78, 5) is 0. The molecule has 0 bridgehead atoms. The van der Waals surface area contributed by atoms with E-state index >= 15 is 0 Å². The minimum Gasteiger partial charge on any atom is -0.356 e. The van der Waals surface area contributed by atoms with Gasteiger partial charge in [-0.2, -0.15) is 0 Å². The van der Waals surface area contributed by atoms with E-state index in [1.165, 1.54) is 32.1 Å². The lowest BCUT2D eigenvalue weighted by Crippen LogP contribution is -2.45. The maximum Gasteiger partial charge on any atom is 0.335 e. The fourth-order valence-corrected chi connectivity index (χ4v) is 5.25. The molecule has 2 rings (SSSR count). The Balaban J connectivity index is 1.50. The van der Waals surface area contributed by atoms with Crippen LogP contribution in [0, 0.1) is 11.3 Å². The van der Waals surface area contributed by atoms with Crippen LogP contribution in [0.15, 0.2) is 0 Å². The highest BCUT2D eigenvalue weighted by molar-refractivity contribution is 7.42. The van der Waals surface area contributed by atoms with Gasteiger partial charge in [-0.15, -0.1) is 0 Å². The molecule has 0 aromatic heterocycles. The Hall–Kier alpha value is 0.580. The van der Waals surface area contributed by atoms with E-state index in [2.05, 4.69) is 13.8 Å². The van der Waals surface area contributed by atoms with Crippen LogP contribution in [0.3, 0.4) is 0 Å². The number of methoxy groups -OCH3 is 1. The van der Waals surface area contributed by atoms with Crippen molar-refractivity contribution in [3.05, 3.63) is 0 Å². The summed E-state index contributed by atoms with van der Waals surface area (Å²) in [6.07, 6.45) is 7.18. The van der Waals surface area contributed by atoms with Gasteiger partial charge in [-0.25, -0.2) is 0 Å². The first-order valence-electron chi connectivity index (χ1n) is 9.97. The van der Waals surface area contributed by atoms with Gasteiger partial charge in [0.25, 0.3) is 0 Å². The average Bonchev–Trinajstić information content (AvgIpc) is 2.67. The molecule has 0 N–H and O–H groups in total. The SMILES string of the molecule is COC(C)OP1OCC2(COP(OCCCCCCCC(C)C)OC2)CO1. The lowest BCUT2D eigenvalue weighted by atomic mass is 9.93. The van der Waals surface area contributed by atoms with Crippen LogP contribution in [0.4, 0.5) is 0 Å². The summed E-state index contributed by atoms with van der Waals surface area (Å²) in [6.45, 7) is 9.11. The summed E-state index contributed by atoms with van der Waals surface area (Å²) in [5, 5.41) is 0. The van der Waals surface area contributed by atoms with Crippen molar-refractivity contribution in [1.29, 1.82) is 0 Å². The summed E-state index contributed by atoms with van der Waals surface area (Å²) in [5.41, 5.74) is -0.267. The van der Waals surface area contributed by atoms with Crippen LogP contribution in [-0.2, 0) is 31.9 Å². The molecule has 27 heavy (non-hydrogen) atoms. The van der Waals surface area contributed by atoms with Crippen molar-refractivity contribution >= 4 is 17.2 Å². The number of hydrogen-bond acceptors (Lipinski definition) is 7. The molecule has 9 heteroatoms. The molecule has 2 heterocycles. The Labute approximate surface area is 166 Å². The molecule has 0 radical (unpaired) electrons. The van der Waals surface area contributed by atoms with Crippen LogP contribution in [0.25, 0.3) is 0 Å². The predicted octanol–water partition coefficient (Wildman–Crippen LogP) is 5.54. The van der Waals surface area contributed by atoms with E-state index in [0.717, 1.165) is 12.3 Å². The lowest BCUT2D eigenvalue weighted by Gasteiger charge is -2.41. The Morgan fingerprint density at radius 2 is 1.37 bits per heavy atom. The van der Waals surface area contributed by atoms with Crippen molar-refractivity contribution in [3.8, 4) is 0 Å². The molecule has 2 aliphatic rings. The molecule has 1 atom stereocenters. The van der Waals surface area contributed by atoms with Crippen molar-refractivity contribution in [2.24, 2.45) is 11.3 Å². The van der Waals surface area contributed by atoms with Gasteiger partial charge in [0.1, 0.15) is 0 Å². The third-order valence-electron chi connectivity index (χ3n) is 4.59. The zero-order valence-corrected chi connectivity index (χ0v) is 19.0. The summed E-state index contributed by atoms with van der Waals surface area (Å²) in [5.74, 6) is 0.813. The maximum atomic E-state index is 5.78. The zero-order valence-electron chi connectivity index (χ0n) is 17.2. The zero-order chi connectivity index (χ0) is 19.5. The molecule has 2 saturated heterocycles. The molecule has 1 unspecified atom stereocenters. The van der Waals surface area contributed by atoms with E-state index in [1.54, 1.807) is 7.11 Å². The molecular weight excluding hydrogens is 390 g/mol. The number of ether oxygens (including phenoxy) is 1. The number of hydrogen-bond donors (Lipinski definition) is 0. The minimum atomic E-state index is -1.36. The highest BCUT2D eigenvalue weighted by Crippen LogP contribution is 2.53. The van der Waals surface area contributed by atoms with Gasteiger partial charge in [-0.1, -0.05) is 46.0 Å². The van der Waals surface area contributed by atoms with E-state index in [9.17, 15) is 0 Å². The van der Waals surface area contributed by atoms with Crippen LogP contribution in [0.5, 0.6) is 0 Å². The first-order chi connectivity index (χ1) is 13.0. The van der Waals surface area contributed by atoms with Gasteiger partial charge in [-0.3, -0.25) is 4.52 Å². The predicted molar refractivity (Wildman–Crippen MR) is 106 cm³/mol. The second kappa shape index (κ2) is 13.0. The van der Waals surface area contributed by atoms with E-state index in [0.29, 0.717) is 33.0 Å². The Morgan fingerprint density at radius 1 is 0.815 bits per heavy atom. The highest BCUT2D eigenvalue weighted by atomic mass is 31.2. The summed E-state index contributed by atoms with van der Waals surface area (Å²) in [6, 6.07) is 0. The highest BCUT2D eigenvalue weighted by Gasteiger charge is 2.44. The molecule has 2 aliphatic heterocycles. The van der Waals surface area contributed by atoms with E-state index in [-0.39, 0.29) is 11.7 Å². The second-order valence-electron chi connectivity index (χ2n) is 7.73. The van der Waals surface area contributed by atoms with E-state index in [4.69, 9.17) is 31.9 Å². The van der Waals surface area contributed by atoms with Gasteiger partial charge in [0, 0.05) is 7.11 Å². The fourth-order valence-electron chi connectivity index (χ4n) is 2.71. The normalized spacial score (nSPS) is 30.1. The molecule has 1 spiro atoms. The third-order valence-corrected chi connectivity index (χ3v) is 6.82. The van der Waals surface area contributed by atoms with E-state index < -0.39 is 17.2 Å². The lowest BCUT2D eigenvalue weighted by molar-refractivity contribution is -0.101. The number of unbranched alkanes of at least 4 members (excludes halogenated alkanes) is 4. The van der Waals surface area contributed by atoms with Gasteiger partial charge in [-0.05, 0) is 19.3 Å². The largest absolute Gasteiger partial charge is 0.356 e. The van der Waals surface area contributed by atoms with Crippen LogP contribution in [0.1, 0.15) is 59.3 Å². The Morgan fingerprint density at radius 3 is 1.96 bits per heavy atom. The molecule has 0 aliphatic carbocycles. The van der Waals surface area contributed by atoms with Crippen molar-refractivity contribution in [3.63, 3.8) is 0 Å². The quantitative estimate of drug-likeness (QED) is 0.231. The first-order valence-corrected chi connectivity index (χ1v) is 12.2. The smallest absolute Gasteiger partial charge is 0.335 e. The molecule has 0 aromatic rings. The summed E-state index contributed by atoms with van der Waals surface area (Å²) in [7, 11) is -1.02. The summed E-state index contributed by atoms with van der Waals surface area (Å²) >= 11 is 0. The second-order valence-corrected chi connectivity index (χ2v) is 10.1. The molecule has 0 amide bonds. The maximum absolute atomic E-state index is 5.78. The molecule has 0 saturated carbocycles. The average molecular weight is 426 g/mol. The van der Waals surface area contributed by atoms with E-state index in [1.807, 2.05) is 6.92 Å². The first kappa shape index (κ1) is 23.9. The van der Waals surface area contributed by atoms with Crippen molar-refractivity contribution in [2.45, 2.75) is 65.6 Å².